The summed E-state index contributed by atoms with van der Waals surface area (Å²) in [5, 5.41) is 9.30. The Bertz CT molecular complexity index is 934. The lowest BCUT2D eigenvalue weighted by molar-refractivity contribution is 0.251. The number of hydrogen-bond acceptors (Lipinski definition) is 2. The van der Waals surface area contributed by atoms with Gasteiger partial charge in [0.2, 0.25) is 0 Å². The first-order valence-electron chi connectivity index (χ1n) is 8.55. The summed E-state index contributed by atoms with van der Waals surface area (Å²) in [5.41, 5.74) is 3.57. The van der Waals surface area contributed by atoms with Gasteiger partial charge in [0.05, 0.1) is 12.2 Å². The van der Waals surface area contributed by atoms with E-state index in [9.17, 15) is 13.6 Å². The number of aromatic nitrogens is 2. The molecular formula is C20H20F2N4O. The predicted molar refractivity (Wildman–Crippen MR) is 101 cm³/mol. The lowest BCUT2D eigenvalue weighted by Crippen LogP contribution is -2.32. The average molecular weight is 370 g/mol. The van der Waals surface area contributed by atoms with Crippen molar-refractivity contribution in [3.8, 4) is 11.1 Å². The molecule has 0 spiro atoms. The van der Waals surface area contributed by atoms with E-state index >= 15 is 0 Å². The van der Waals surface area contributed by atoms with Crippen molar-refractivity contribution < 1.29 is 13.6 Å². The summed E-state index contributed by atoms with van der Waals surface area (Å²) >= 11 is 0. The first-order chi connectivity index (χ1) is 13.0. The number of anilines is 1. The fraction of sp³-hybridized carbons (Fsp3) is 0.200. The Labute approximate surface area is 156 Å². The van der Waals surface area contributed by atoms with Crippen LogP contribution in [0.15, 0.2) is 48.5 Å². The van der Waals surface area contributed by atoms with Gasteiger partial charge < -0.3 is 10.6 Å². The summed E-state index contributed by atoms with van der Waals surface area (Å²) in [6, 6.07) is 12.7. The van der Waals surface area contributed by atoms with Crippen molar-refractivity contribution in [1.29, 1.82) is 0 Å². The zero-order valence-electron chi connectivity index (χ0n) is 15.1. The van der Waals surface area contributed by atoms with Crippen LogP contribution in [-0.4, -0.2) is 22.4 Å². The number of nitrogens with zero attached hydrogens (tertiary/aromatic N) is 2. The zero-order chi connectivity index (χ0) is 19.4. The summed E-state index contributed by atoms with van der Waals surface area (Å²) in [6.45, 7) is 4.61. The minimum absolute atomic E-state index is 0.262. The van der Waals surface area contributed by atoms with Gasteiger partial charge in [-0.15, -0.1) is 0 Å². The molecule has 3 rings (SSSR count). The molecule has 2 N–H and O–H groups in total. The lowest BCUT2D eigenvalue weighted by Gasteiger charge is -2.10. The Balaban J connectivity index is 1.62. The molecule has 2 aromatic carbocycles. The van der Waals surface area contributed by atoms with Gasteiger partial charge in [-0.05, 0) is 31.5 Å². The van der Waals surface area contributed by atoms with Crippen molar-refractivity contribution in [2.45, 2.75) is 20.4 Å². The minimum Gasteiger partial charge on any atom is -0.336 e. The molecule has 0 aliphatic rings. The molecule has 0 unspecified atom stereocenters. The highest BCUT2D eigenvalue weighted by Gasteiger charge is 2.14. The van der Waals surface area contributed by atoms with E-state index in [0.717, 1.165) is 34.6 Å². The maximum Gasteiger partial charge on any atom is 0.319 e. The molecule has 0 fully saturated rings. The van der Waals surface area contributed by atoms with Crippen LogP contribution in [0.25, 0.3) is 11.1 Å². The quantitative estimate of drug-likeness (QED) is 0.705. The molecule has 140 valence electrons. The molecule has 1 heterocycles. The number of amides is 2. The summed E-state index contributed by atoms with van der Waals surface area (Å²) < 4.78 is 28.9. The number of para-hydroxylation sites is 1. The van der Waals surface area contributed by atoms with Crippen molar-refractivity contribution >= 4 is 11.7 Å². The van der Waals surface area contributed by atoms with E-state index in [2.05, 4.69) is 15.7 Å². The minimum atomic E-state index is -0.823. The van der Waals surface area contributed by atoms with E-state index in [0.29, 0.717) is 6.54 Å². The topological polar surface area (TPSA) is 59.0 Å². The maximum atomic E-state index is 13.6. The molecule has 1 aromatic heterocycles. The SMILES string of the molecule is Cc1nn(CCNC(=O)Nc2c(F)cccc2F)c(C)c1-c1ccccc1. The summed E-state index contributed by atoms with van der Waals surface area (Å²) in [5.74, 6) is -1.65. The molecule has 7 heteroatoms. The van der Waals surface area contributed by atoms with Gasteiger partial charge in [-0.1, -0.05) is 36.4 Å². The third kappa shape index (κ3) is 4.13. The maximum absolute atomic E-state index is 13.6. The third-order valence-electron chi connectivity index (χ3n) is 4.25. The van der Waals surface area contributed by atoms with Crippen LogP contribution in [0, 0.1) is 25.5 Å². The van der Waals surface area contributed by atoms with E-state index in [-0.39, 0.29) is 6.54 Å². The monoisotopic (exact) mass is 370 g/mol. The zero-order valence-corrected chi connectivity index (χ0v) is 15.1. The first kappa shape index (κ1) is 18.6. The van der Waals surface area contributed by atoms with Gasteiger partial charge in [0.25, 0.3) is 0 Å². The van der Waals surface area contributed by atoms with Gasteiger partial charge in [-0.2, -0.15) is 5.10 Å². The van der Waals surface area contributed by atoms with Crippen molar-refractivity contribution in [3.05, 3.63) is 71.6 Å². The number of benzene rings is 2. The highest BCUT2D eigenvalue weighted by molar-refractivity contribution is 5.89. The Hall–Kier alpha value is -3.22. The Kier molecular flexibility index (Phi) is 5.49. The highest BCUT2D eigenvalue weighted by Crippen LogP contribution is 2.26. The van der Waals surface area contributed by atoms with Crippen molar-refractivity contribution in [2.75, 3.05) is 11.9 Å². The molecule has 0 radical (unpaired) electrons. The predicted octanol–water partition coefficient (Wildman–Crippen LogP) is 4.27. The van der Waals surface area contributed by atoms with Gasteiger partial charge >= 0.3 is 6.03 Å². The van der Waals surface area contributed by atoms with E-state index in [1.54, 1.807) is 0 Å². The van der Waals surface area contributed by atoms with Crippen molar-refractivity contribution in [1.82, 2.24) is 15.1 Å². The van der Waals surface area contributed by atoms with Crippen molar-refractivity contribution in [2.24, 2.45) is 0 Å². The van der Waals surface area contributed by atoms with E-state index in [1.807, 2.05) is 48.9 Å². The number of halogens is 2. The molecule has 27 heavy (non-hydrogen) atoms. The van der Waals surface area contributed by atoms with Crippen molar-refractivity contribution in [3.63, 3.8) is 0 Å². The van der Waals surface area contributed by atoms with Crippen LogP contribution in [0.2, 0.25) is 0 Å². The molecule has 0 saturated carbocycles. The number of hydrogen-bond donors (Lipinski definition) is 2. The fourth-order valence-electron chi connectivity index (χ4n) is 2.99. The molecule has 0 aliphatic heterocycles. The van der Waals surface area contributed by atoms with E-state index in [1.165, 1.54) is 6.07 Å². The first-order valence-corrected chi connectivity index (χ1v) is 8.55. The Morgan fingerprint density at radius 1 is 1.04 bits per heavy atom. The Morgan fingerprint density at radius 2 is 1.70 bits per heavy atom. The summed E-state index contributed by atoms with van der Waals surface area (Å²) in [6.07, 6.45) is 0. The number of aryl methyl sites for hydroxylation is 1. The third-order valence-corrected chi connectivity index (χ3v) is 4.25. The van der Waals surface area contributed by atoms with Crippen LogP contribution in [0.5, 0.6) is 0 Å². The number of carbonyl (C=O) groups excluding carboxylic acids is 1. The fourth-order valence-corrected chi connectivity index (χ4v) is 2.99. The van der Waals surface area contributed by atoms with Crippen LogP contribution in [0.3, 0.4) is 0 Å². The smallest absolute Gasteiger partial charge is 0.319 e. The van der Waals surface area contributed by atoms with Gasteiger partial charge in [-0.3, -0.25) is 4.68 Å². The van der Waals surface area contributed by atoms with Gasteiger partial charge in [0.15, 0.2) is 0 Å². The second-order valence-electron chi connectivity index (χ2n) is 6.11. The Morgan fingerprint density at radius 3 is 2.37 bits per heavy atom. The summed E-state index contributed by atoms with van der Waals surface area (Å²) in [4.78, 5) is 11.9. The molecule has 0 atom stereocenters. The van der Waals surface area contributed by atoms with Crippen LogP contribution in [0.1, 0.15) is 11.4 Å². The largest absolute Gasteiger partial charge is 0.336 e. The van der Waals surface area contributed by atoms with Crippen LogP contribution >= 0.6 is 0 Å². The molecule has 2 amide bonds. The van der Waals surface area contributed by atoms with E-state index < -0.39 is 23.4 Å². The number of rotatable bonds is 5. The summed E-state index contributed by atoms with van der Waals surface area (Å²) in [7, 11) is 0. The molecule has 5 nitrogen and oxygen atoms in total. The van der Waals surface area contributed by atoms with Crippen LogP contribution in [-0.2, 0) is 6.54 Å². The highest BCUT2D eigenvalue weighted by atomic mass is 19.1. The van der Waals surface area contributed by atoms with Gasteiger partial charge in [0, 0.05) is 17.8 Å². The number of nitrogens with one attached hydrogen (secondary N) is 2. The lowest BCUT2D eigenvalue weighted by atomic mass is 10.0. The molecule has 0 saturated heterocycles. The normalized spacial score (nSPS) is 10.7. The molecule has 3 aromatic rings. The molecular weight excluding hydrogens is 350 g/mol. The standard InChI is InChI=1S/C20H20F2N4O/c1-13-18(15-7-4-3-5-8-15)14(2)26(25-13)12-11-23-20(27)24-19-16(21)9-6-10-17(19)22/h3-10H,11-12H2,1-2H3,(H2,23,24,27). The number of urea groups is 1. The average Bonchev–Trinajstić information content (AvgIpc) is 2.93. The van der Waals surface area contributed by atoms with Crippen LogP contribution < -0.4 is 10.6 Å². The van der Waals surface area contributed by atoms with Gasteiger partial charge in [0.1, 0.15) is 17.3 Å². The molecule has 0 aliphatic carbocycles. The van der Waals surface area contributed by atoms with Gasteiger partial charge in [-0.25, -0.2) is 13.6 Å². The molecule has 0 bridgehead atoms. The number of carbonyl (C=O) groups is 1. The van der Waals surface area contributed by atoms with Crippen LogP contribution in [0.4, 0.5) is 19.3 Å². The van der Waals surface area contributed by atoms with E-state index in [4.69, 9.17) is 0 Å². The second-order valence-corrected chi connectivity index (χ2v) is 6.11. The second kappa shape index (κ2) is 7.99.